The molecule has 7 heteroatoms. The molecule has 0 saturated heterocycles. The van der Waals surface area contributed by atoms with Crippen LogP contribution in [0.4, 0.5) is 0 Å². The maximum absolute atomic E-state index is 12.9. The number of hydrogen-bond acceptors (Lipinski definition) is 6. The molecule has 0 radical (unpaired) electrons. The van der Waals surface area contributed by atoms with E-state index in [4.69, 9.17) is 15.2 Å². The molecule has 0 fully saturated rings. The van der Waals surface area contributed by atoms with Gasteiger partial charge in [0.25, 0.3) is 5.91 Å². The molecule has 0 aromatic heterocycles. The zero-order valence-electron chi connectivity index (χ0n) is 22.0. The van der Waals surface area contributed by atoms with Crippen LogP contribution in [0.3, 0.4) is 0 Å². The van der Waals surface area contributed by atoms with Gasteiger partial charge in [-0.1, -0.05) is 45.7 Å². The number of nitrogens with one attached hydrogen (secondary N) is 2. The Balaban J connectivity index is 2.57. The SMILES string of the molecule is CCCC[C@H](C)NCC(O)C(N)CC(CNC(=O)c1ccccc1OCCCCOC)C(C)C. The molecular weight excluding hydrogens is 430 g/mol. The summed E-state index contributed by atoms with van der Waals surface area (Å²) in [5, 5.41) is 17.0. The summed E-state index contributed by atoms with van der Waals surface area (Å²) < 4.78 is 10.9. The van der Waals surface area contributed by atoms with Crippen molar-refractivity contribution >= 4 is 5.91 Å². The van der Waals surface area contributed by atoms with Gasteiger partial charge in [-0.3, -0.25) is 4.79 Å². The standard InChI is InChI=1S/C27H49N3O4/c1-6-7-12-21(4)29-19-25(31)24(28)17-22(20(2)3)18-30-27(32)23-13-8-9-14-26(23)34-16-11-10-15-33-5/h8-9,13-14,20-22,24-25,29,31H,6-7,10-12,15-19,28H2,1-5H3,(H,30,32)/t21-,22?,24?,25?/m0/s1. The second kappa shape index (κ2) is 17.7. The first-order valence-electron chi connectivity index (χ1n) is 13.0. The molecule has 0 aliphatic heterocycles. The summed E-state index contributed by atoms with van der Waals surface area (Å²) in [7, 11) is 1.69. The monoisotopic (exact) mass is 479 g/mol. The fourth-order valence-electron chi connectivity index (χ4n) is 3.81. The van der Waals surface area contributed by atoms with Crippen LogP contribution in [0.2, 0.25) is 0 Å². The third-order valence-corrected chi connectivity index (χ3v) is 6.33. The van der Waals surface area contributed by atoms with Gasteiger partial charge in [-0.15, -0.1) is 0 Å². The third-order valence-electron chi connectivity index (χ3n) is 6.33. The Kier molecular flexibility index (Phi) is 15.8. The Labute approximate surface area is 207 Å². The first-order valence-corrected chi connectivity index (χ1v) is 13.0. The van der Waals surface area contributed by atoms with E-state index < -0.39 is 6.10 Å². The average Bonchev–Trinajstić information content (AvgIpc) is 2.83. The largest absolute Gasteiger partial charge is 0.493 e. The molecule has 196 valence electrons. The molecule has 0 heterocycles. The lowest BCUT2D eigenvalue weighted by molar-refractivity contribution is 0.0926. The van der Waals surface area contributed by atoms with Crippen molar-refractivity contribution in [2.24, 2.45) is 17.6 Å². The summed E-state index contributed by atoms with van der Waals surface area (Å²) >= 11 is 0. The summed E-state index contributed by atoms with van der Waals surface area (Å²) in [5.41, 5.74) is 6.88. The van der Waals surface area contributed by atoms with Crippen LogP contribution in [0, 0.1) is 11.8 Å². The van der Waals surface area contributed by atoms with Crippen LogP contribution in [0.5, 0.6) is 5.75 Å². The summed E-state index contributed by atoms with van der Waals surface area (Å²) in [5.74, 6) is 0.920. The van der Waals surface area contributed by atoms with E-state index in [9.17, 15) is 9.90 Å². The van der Waals surface area contributed by atoms with Crippen molar-refractivity contribution < 1.29 is 19.4 Å². The number of para-hydroxylation sites is 1. The van der Waals surface area contributed by atoms with Crippen molar-refractivity contribution in [2.45, 2.75) is 84.4 Å². The molecule has 5 N–H and O–H groups in total. The Morgan fingerprint density at radius 1 is 1.09 bits per heavy atom. The fourth-order valence-corrected chi connectivity index (χ4v) is 3.81. The predicted octanol–water partition coefficient (Wildman–Crippen LogP) is 3.74. The average molecular weight is 480 g/mol. The van der Waals surface area contributed by atoms with Gasteiger partial charge in [-0.05, 0) is 56.6 Å². The summed E-state index contributed by atoms with van der Waals surface area (Å²) in [4.78, 5) is 12.9. The van der Waals surface area contributed by atoms with E-state index in [0.717, 1.165) is 19.3 Å². The highest BCUT2D eigenvalue weighted by Gasteiger charge is 2.23. The number of aliphatic hydroxyl groups excluding tert-OH is 1. The molecule has 0 saturated carbocycles. The quantitative estimate of drug-likeness (QED) is 0.225. The molecule has 0 spiro atoms. The van der Waals surface area contributed by atoms with Crippen LogP contribution in [-0.4, -0.2) is 62.6 Å². The van der Waals surface area contributed by atoms with Gasteiger partial charge in [0.05, 0.1) is 18.3 Å². The van der Waals surface area contributed by atoms with Crippen molar-refractivity contribution in [1.29, 1.82) is 0 Å². The van der Waals surface area contributed by atoms with Crippen molar-refractivity contribution in [3.63, 3.8) is 0 Å². The minimum Gasteiger partial charge on any atom is -0.493 e. The molecule has 3 unspecified atom stereocenters. The minimum absolute atomic E-state index is 0.154. The highest BCUT2D eigenvalue weighted by molar-refractivity contribution is 5.96. The molecule has 0 aliphatic carbocycles. The second-order valence-electron chi connectivity index (χ2n) is 9.68. The number of unbranched alkanes of at least 4 members (excludes halogenated alkanes) is 2. The molecule has 1 amide bonds. The Morgan fingerprint density at radius 2 is 1.79 bits per heavy atom. The number of rotatable bonds is 19. The van der Waals surface area contributed by atoms with Gasteiger partial charge in [0.15, 0.2) is 0 Å². The maximum Gasteiger partial charge on any atom is 0.255 e. The second-order valence-corrected chi connectivity index (χ2v) is 9.68. The van der Waals surface area contributed by atoms with Crippen LogP contribution in [0.15, 0.2) is 24.3 Å². The van der Waals surface area contributed by atoms with Crippen molar-refractivity contribution in [3.05, 3.63) is 29.8 Å². The number of aliphatic hydroxyl groups is 1. The van der Waals surface area contributed by atoms with Gasteiger partial charge in [-0.2, -0.15) is 0 Å². The van der Waals surface area contributed by atoms with E-state index in [-0.39, 0.29) is 17.9 Å². The number of nitrogens with two attached hydrogens (primary N) is 1. The van der Waals surface area contributed by atoms with Gasteiger partial charge in [0, 0.05) is 38.9 Å². The molecule has 34 heavy (non-hydrogen) atoms. The summed E-state index contributed by atoms with van der Waals surface area (Å²) in [6.45, 7) is 10.8. The van der Waals surface area contributed by atoms with E-state index in [0.29, 0.717) is 56.0 Å². The lowest BCUT2D eigenvalue weighted by Crippen LogP contribution is -2.46. The Bertz CT molecular complexity index is 671. The molecule has 0 bridgehead atoms. The van der Waals surface area contributed by atoms with E-state index in [1.54, 1.807) is 13.2 Å². The zero-order chi connectivity index (χ0) is 25.3. The van der Waals surface area contributed by atoms with E-state index in [1.807, 2.05) is 18.2 Å². The number of amides is 1. The molecule has 1 rings (SSSR count). The fraction of sp³-hybridized carbons (Fsp3) is 0.741. The van der Waals surface area contributed by atoms with Crippen molar-refractivity contribution in [2.75, 3.05) is 33.4 Å². The molecule has 7 nitrogen and oxygen atoms in total. The van der Waals surface area contributed by atoms with Crippen LogP contribution in [0.25, 0.3) is 0 Å². The normalized spacial score (nSPS) is 15.1. The van der Waals surface area contributed by atoms with Crippen LogP contribution >= 0.6 is 0 Å². The third kappa shape index (κ3) is 12.2. The van der Waals surface area contributed by atoms with Crippen LogP contribution in [0.1, 0.15) is 76.6 Å². The van der Waals surface area contributed by atoms with E-state index >= 15 is 0 Å². The topological polar surface area (TPSA) is 106 Å². The predicted molar refractivity (Wildman–Crippen MR) is 139 cm³/mol. The lowest BCUT2D eigenvalue weighted by atomic mass is 9.87. The summed E-state index contributed by atoms with van der Waals surface area (Å²) in [6, 6.07) is 7.34. The Morgan fingerprint density at radius 3 is 2.47 bits per heavy atom. The van der Waals surface area contributed by atoms with Gasteiger partial charge in [0.2, 0.25) is 0 Å². The smallest absolute Gasteiger partial charge is 0.255 e. The van der Waals surface area contributed by atoms with Crippen LogP contribution in [-0.2, 0) is 4.74 Å². The van der Waals surface area contributed by atoms with Crippen LogP contribution < -0.4 is 21.1 Å². The highest BCUT2D eigenvalue weighted by atomic mass is 16.5. The summed E-state index contributed by atoms with van der Waals surface area (Å²) in [6.07, 6.45) is 5.24. The molecule has 1 aromatic carbocycles. The lowest BCUT2D eigenvalue weighted by Gasteiger charge is -2.28. The molecule has 1 aromatic rings. The maximum atomic E-state index is 12.9. The van der Waals surface area contributed by atoms with Crippen molar-refractivity contribution in [1.82, 2.24) is 10.6 Å². The van der Waals surface area contributed by atoms with Gasteiger partial charge in [-0.25, -0.2) is 0 Å². The number of methoxy groups -OCH3 is 1. The number of carbonyl (C=O) groups is 1. The number of benzene rings is 1. The highest BCUT2D eigenvalue weighted by Crippen LogP contribution is 2.20. The van der Waals surface area contributed by atoms with E-state index in [2.05, 4.69) is 38.3 Å². The van der Waals surface area contributed by atoms with Gasteiger partial charge < -0.3 is 30.9 Å². The molecular formula is C27H49N3O4. The first-order chi connectivity index (χ1) is 16.3. The number of ether oxygens (including phenoxy) is 2. The minimum atomic E-state index is -0.617. The number of carbonyl (C=O) groups excluding carboxylic acids is 1. The Hall–Kier alpha value is -1.67. The van der Waals surface area contributed by atoms with Gasteiger partial charge in [0.1, 0.15) is 5.75 Å². The molecule has 0 aliphatic rings. The van der Waals surface area contributed by atoms with E-state index in [1.165, 1.54) is 12.8 Å². The zero-order valence-corrected chi connectivity index (χ0v) is 22.0. The first kappa shape index (κ1) is 30.4. The molecule has 4 atom stereocenters. The van der Waals surface area contributed by atoms with Gasteiger partial charge >= 0.3 is 0 Å². The number of hydrogen-bond donors (Lipinski definition) is 4. The van der Waals surface area contributed by atoms with Crippen molar-refractivity contribution in [3.8, 4) is 5.75 Å².